The summed E-state index contributed by atoms with van der Waals surface area (Å²) in [4.78, 5) is 0. The predicted molar refractivity (Wildman–Crippen MR) is 44.0 cm³/mol. The Morgan fingerprint density at radius 2 is 2.25 bits per heavy atom. The highest BCUT2D eigenvalue weighted by molar-refractivity contribution is 5.58. The molecule has 1 aliphatic carbocycles. The molecule has 2 heteroatoms. The summed E-state index contributed by atoms with van der Waals surface area (Å²) in [5.74, 6) is 0. The van der Waals surface area contributed by atoms with Crippen molar-refractivity contribution in [3.05, 3.63) is 41.5 Å². The third-order valence-corrected chi connectivity index (χ3v) is 1.90. The van der Waals surface area contributed by atoms with Crippen molar-refractivity contribution in [3.63, 3.8) is 0 Å². The summed E-state index contributed by atoms with van der Waals surface area (Å²) in [6.45, 7) is -0.764. The van der Waals surface area contributed by atoms with E-state index in [1.54, 1.807) is 0 Å². The zero-order valence-corrected chi connectivity index (χ0v) is 6.46. The standard InChI is InChI=1S/C10H8FO/c11-7-12-10-6-5-8-3-1-2-4-9(8)10/h1-5,10H,7H2. The maximum Gasteiger partial charge on any atom is 0.189 e. The van der Waals surface area contributed by atoms with E-state index in [0.717, 1.165) is 11.1 Å². The highest BCUT2D eigenvalue weighted by atomic mass is 19.1. The molecule has 12 heavy (non-hydrogen) atoms. The van der Waals surface area contributed by atoms with Gasteiger partial charge in [0.05, 0.1) is 0 Å². The number of halogens is 1. The Balaban J connectivity index is 2.30. The van der Waals surface area contributed by atoms with Gasteiger partial charge >= 0.3 is 0 Å². The van der Waals surface area contributed by atoms with Crippen LogP contribution < -0.4 is 0 Å². The molecule has 61 valence electrons. The fourth-order valence-electron chi connectivity index (χ4n) is 1.34. The van der Waals surface area contributed by atoms with Gasteiger partial charge in [0.2, 0.25) is 0 Å². The molecule has 0 aliphatic heterocycles. The van der Waals surface area contributed by atoms with E-state index in [4.69, 9.17) is 4.74 Å². The molecule has 1 aliphatic rings. The minimum absolute atomic E-state index is 0.314. The molecular weight excluding hydrogens is 155 g/mol. The molecule has 1 radical (unpaired) electrons. The summed E-state index contributed by atoms with van der Waals surface area (Å²) in [6.07, 6.45) is 4.45. The van der Waals surface area contributed by atoms with Gasteiger partial charge in [0, 0.05) is 0 Å². The van der Waals surface area contributed by atoms with E-state index in [-0.39, 0.29) is 6.10 Å². The number of alkyl halides is 1. The van der Waals surface area contributed by atoms with Crippen LogP contribution in [0.3, 0.4) is 0 Å². The lowest BCUT2D eigenvalue weighted by molar-refractivity contribution is 0.0172. The lowest BCUT2D eigenvalue weighted by atomic mass is 10.1. The second-order valence-corrected chi connectivity index (χ2v) is 2.60. The Morgan fingerprint density at radius 3 is 3.08 bits per heavy atom. The third kappa shape index (κ3) is 1.14. The topological polar surface area (TPSA) is 9.23 Å². The molecule has 1 unspecified atom stereocenters. The Hall–Kier alpha value is -1.15. The summed E-state index contributed by atoms with van der Waals surface area (Å²) >= 11 is 0. The molecule has 2 rings (SSSR count). The van der Waals surface area contributed by atoms with Crippen molar-refractivity contribution in [2.24, 2.45) is 0 Å². The van der Waals surface area contributed by atoms with Gasteiger partial charge in [-0.2, -0.15) is 0 Å². The highest BCUT2D eigenvalue weighted by Gasteiger charge is 2.16. The van der Waals surface area contributed by atoms with Gasteiger partial charge in [-0.15, -0.1) is 0 Å². The first-order valence-electron chi connectivity index (χ1n) is 3.77. The van der Waals surface area contributed by atoms with E-state index in [9.17, 15) is 4.39 Å². The largest absolute Gasteiger partial charge is 0.338 e. The number of fused-ring (bicyclic) bond motifs is 1. The fraction of sp³-hybridized carbons (Fsp3) is 0.200. The second-order valence-electron chi connectivity index (χ2n) is 2.60. The predicted octanol–water partition coefficient (Wildman–Crippen LogP) is 2.50. The zero-order valence-electron chi connectivity index (χ0n) is 6.46. The number of hydrogen-bond donors (Lipinski definition) is 0. The van der Waals surface area contributed by atoms with E-state index >= 15 is 0 Å². The van der Waals surface area contributed by atoms with E-state index in [2.05, 4.69) is 6.08 Å². The van der Waals surface area contributed by atoms with Crippen molar-refractivity contribution in [1.82, 2.24) is 0 Å². The van der Waals surface area contributed by atoms with Gasteiger partial charge in [0.25, 0.3) is 0 Å². The van der Waals surface area contributed by atoms with Gasteiger partial charge in [-0.25, -0.2) is 4.39 Å². The lowest BCUT2D eigenvalue weighted by Crippen LogP contribution is -1.98. The summed E-state index contributed by atoms with van der Waals surface area (Å²) in [5, 5.41) is 0. The normalized spacial score (nSPS) is 19.6. The summed E-state index contributed by atoms with van der Waals surface area (Å²) in [7, 11) is 0. The third-order valence-electron chi connectivity index (χ3n) is 1.90. The van der Waals surface area contributed by atoms with Gasteiger partial charge in [0.15, 0.2) is 6.86 Å². The molecule has 0 aromatic heterocycles. The van der Waals surface area contributed by atoms with Gasteiger partial charge in [-0.3, -0.25) is 0 Å². The maximum absolute atomic E-state index is 11.9. The molecule has 0 heterocycles. The van der Waals surface area contributed by atoms with Crippen LogP contribution in [0.4, 0.5) is 4.39 Å². The monoisotopic (exact) mass is 163 g/mol. The average Bonchev–Trinajstić information content (AvgIpc) is 2.50. The number of ether oxygens (including phenoxy) is 1. The first kappa shape index (κ1) is 7.50. The zero-order chi connectivity index (χ0) is 8.39. The Bertz CT molecular complexity index is 306. The van der Waals surface area contributed by atoms with Crippen LogP contribution in [0.15, 0.2) is 24.3 Å². The Morgan fingerprint density at radius 1 is 1.42 bits per heavy atom. The molecule has 1 atom stereocenters. The quantitative estimate of drug-likeness (QED) is 0.650. The Kier molecular flexibility index (Phi) is 1.92. The minimum atomic E-state index is -0.764. The molecular formula is C10H8FO. The smallest absolute Gasteiger partial charge is 0.189 e. The van der Waals surface area contributed by atoms with Crippen molar-refractivity contribution in [2.45, 2.75) is 6.10 Å². The van der Waals surface area contributed by atoms with E-state index < -0.39 is 6.86 Å². The van der Waals surface area contributed by atoms with E-state index in [1.807, 2.05) is 30.3 Å². The molecule has 1 nitrogen and oxygen atoms in total. The van der Waals surface area contributed by atoms with Gasteiger partial charge in [-0.05, 0) is 23.3 Å². The van der Waals surface area contributed by atoms with Crippen LogP contribution >= 0.6 is 0 Å². The molecule has 1 aromatic rings. The average molecular weight is 163 g/mol. The van der Waals surface area contributed by atoms with Crippen LogP contribution in [-0.4, -0.2) is 6.86 Å². The van der Waals surface area contributed by atoms with E-state index in [0.29, 0.717) is 0 Å². The molecule has 1 aromatic carbocycles. The molecule has 0 amide bonds. The second kappa shape index (κ2) is 3.07. The van der Waals surface area contributed by atoms with Crippen LogP contribution in [0.25, 0.3) is 6.08 Å². The van der Waals surface area contributed by atoms with Crippen molar-refractivity contribution >= 4 is 6.08 Å². The van der Waals surface area contributed by atoms with Crippen molar-refractivity contribution < 1.29 is 9.13 Å². The van der Waals surface area contributed by atoms with Crippen molar-refractivity contribution in [3.8, 4) is 0 Å². The fourth-order valence-corrected chi connectivity index (χ4v) is 1.34. The minimum Gasteiger partial charge on any atom is -0.338 e. The number of benzene rings is 1. The summed E-state index contributed by atoms with van der Waals surface area (Å²) in [6, 6.07) is 7.74. The molecule has 0 saturated heterocycles. The number of hydrogen-bond acceptors (Lipinski definition) is 1. The summed E-state index contributed by atoms with van der Waals surface area (Å²) < 4.78 is 16.7. The molecule has 0 spiro atoms. The van der Waals surface area contributed by atoms with Crippen LogP contribution in [0.1, 0.15) is 17.2 Å². The van der Waals surface area contributed by atoms with Crippen LogP contribution in [0.5, 0.6) is 0 Å². The Labute approximate surface area is 70.5 Å². The molecule has 0 saturated carbocycles. The van der Waals surface area contributed by atoms with Crippen LogP contribution in [0.2, 0.25) is 0 Å². The van der Waals surface area contributed by atoms with Crippen molar-refractivity contribution in [1.29, 1.82) is 0 Å². The molecule has 0 fully saturated rings. The van der Waals surface area contributed by atoms with Gasteiger partial charge in [0.1, 0.15) is 6.10 Å². The van der Waals surface area contributed by atoms with E-state index in [1.165, 1.54) is 0 Å². The first-order valence-corrected chi connectivity index (χ1v) is 3.77. The summed E-state index contributed by atoms with van der Waals surface area (Å²) in [5.41, 5.74) is 2.06. The van der Waals surface area contributed by atoms with Gasteiger partial charge < -0.3 is 4.74 Å². The number of rotatable bonds is 2. The molecule has 0 N–H and O–H groups in total. The SMILES string of the molecule is FCOC1[C]=Cc2ccccc21. The van der Waals surface area contributed by atoms with Gasteiger partial charge in [-0.1, -0.05) is 24.3 Å². The lowest BCUT2D eigenvalue weighted by Gasteiger charge is -2.07. The van der Waals surface area contributed by atoms with Crippen LogP contribution in [0, 0.1) is 6.08 Å². The van der Waals surface area contributed by atoms with Crippen molar-refractivity contribution in [2.75, 3.05) is 6.86 Å². The maximum atomic E-state index is 11.9. The first-order chi connectivity index (χ1) is 5.92. The highest BCUT2D eigenvalue weighted by Crippen LogP contribution is 2.29. The van der Waals surface area contributed by atoms with Crippen LogP contribution in [-0.2, 0) is 4.74 Å². The molecule has 0 bridgehead atoms.